The van der Waals surface area contributed by atoms with Crippen LogP contribution in [-0.4, -0.2) is 22.8 Å². The first-order valence-corrected chi connectivity index (χ1v) is 5.89. The number of rotatable bonds is 3. The lowest BCUT2D eigenvalue weighted by atomic mass is 10.1. The first-order valence-electron chi connectivity index (χ1n) is 5.89. The topological polar surface area (TPSA) is 59.2 Å². The van der Waals surface area contributed by atoms with E-state index in [2.05, 4.69) is 4.98 Å². The lowest BCUT2D eigenvalue weighted by molar-refractivity contribution is 0.0780. The van der Waals surface area contributed by atoms with Gasteiger partial charge in [-0.2, -0.15) is 0 Å². The van der Waals surface area contributed by atoms with Crippen LogP contribution in [0.15, 0.2) is 36.5 Å². The average Bonchev–Trinajstić information content (AvgIpc) is 2.41. The third-order valence-electron chi connectivity index (χ3n) is 2.80. The Morgan fingerprint density at radius 3 is 2.80 bits per heavy atom. The highest BCUT2D eigenvalue weighted by Crippen LogP contribution is 2.15. The van der Waals surface area contributed by atoms with E-state index in [9.17, 15) is 13.6 Å². The third kappa shape index (κ3) is 2.90. The van der Waals surface area contributed by atoms with Crippen LogP contribution in [0.4, 0.5) is 14.6 Å². The number of amides is 1. The molecule has 0 unspecified atom stereocenters. The molecule has 1 aromatic carbocycles. The zero-order valence-electron chi connectivity index (χ0n) is 10.8. The molecular formula is C14H13F2N3O. The van der Waals surface area contributed by atoms with Gasteiger partial charge in [-0.1, -0.05) is 12.1 Å². The molecular weight excluding hydrogens is 264 g/mol. The molecule has 0 saturated heterocycles. The summed E-state index contributed by atoms with van der Waals surface area (Å²) < 4.78 is 26.8. The third-order valence-corrected chi connectivity index (χ3v) is 2.80. The summed E-state index contributed by atoms with van der Waals surface area (Å²) in [4.78, 5) is 17.0. The van der Waals surface area contributed by atoms with E-state index in [0.29, 0.717) is 5.56 Å². The Morgan fingerprint density at radius 1 is 1.35 bits per heavy atom. The van der Waals surface area contributed by atoms with Gasteiger partial charge in [-0.25, -0.2) is 13.8 Å². The van der Waals surface area contributed by atoms with Crippen LogP contribution in [0.5, 0.6) is 0 Å². The van der Waals surface area contributed by atoms with Crippen molar-refractivity contribution in [3.63, 3.8) is 0 Å². The van der Waals surface area contributed by atoms with E-state index < -0.39 is 11.7 Å². The van der Waals surface area contributed by atoms with Gasteiger partial charge >= 0.3 is 0 Å². The molecule has 0 aliphatic rings. The predicted molar refractivity (Wildman–Crippen MR) is 70.8 cm³/mol. The first-order chi connectivity index (χ1) is 9.49. The van der Waals surface area contributed by atoms with Crippen molar-refractivity contribution in [1.29, 1.82) is 0 Å². The molecule has 0 atom stereocenters. The zero-order chi connectivity index (χ0) is 14.7. The summed E-state index contributed by atoms with van der Waals surface area (Å²) in [6.45, 7) is 0.165. The van der Waals surface area contributed by atoms with Crippen molar-refractivity contribution < 1.29 is 13.6 Å². The Labute approximate surface area is 114 Å². The van der Waals surface area contributed by atoms with Crippen molar-refractivity contribution in [1.82, 2.24) is 9.88 Å². The average molecular weight is 277 g/mol. The molecule has 2 aromatic rings. The number of anilines is 1. The second-order valence-electron chi connectivity index (χ2n) is 4.35. The molecule has 0 saturated carbocycles. The van der Waals surface area contributed by atoms with Crippen molar-refractivity contribution in [3.05, 3.63) is 59.3 Å². The number of nitrogens with two attached hydrogens (primary N) is 1. The van der Waals surface area contributed by atoms with E-state index in [1.165, 1.54) is 36.3 Å². The molecule has 6 heteroatoms. The molecule has 20 heavy (non-hydrogen) atoms. The van der Waals surface area contributed by atoms with Crippen molar-refractivity contribution in [2.24, 2.45) is 0 Å². The molecule has 0 fully saturated rings. The zero-order valence-corrected chi connectivity index (χ0v) is 10.8. The maximum absolute atomic E-state index is 13.7. The fourth-order valence-electron chi connectivity index (χ4n) is 1.81. The van der Waals surface area contributed by atoms with E-state index in [1.807, 2.05) is 0 Å². The molecule has 4 nitrogen and oxygen atoms in total. The van der Waals surface area contributed by atoms with Gasteiger partial charge in [0.1, 0.15) is 5.82 Å². The summed E-state index contributed by atoms with van der Waals surface area (Å²) in [6, 6.07) is 7.13. The molecule has 2 N–H and O–H groups in total. The highest BCUT2D eigenvalue weighted by atomic mass is 19.1. The van der Waals surface area contributed by atoms with Crippen LogP contribution in [0.2, 0.25) is 0 Å². The minimum absolute atomic E-state index is 0.156. The van der Waals surface area contributed by atoms with E-state index in [1.54, 1.807) is 12.1 Å². The fourth-order valence-corrected chi connectivity index (χ4v) is 1.81. The van der Waals surface area contributed by atoms with E-state index in [4.69, 9.17) is 5.73 Å². The summed E-state index contributed by atoms with van der Waals surface area (Å²) >= 11 is 0. The summed E-state index contributed by atoms with van der Waals surface area (Å²) in [5, 5.41) is 0. The van der Waals surface area contributed by atoms with Gasteiger partial charge in [-0.05, 0) is 23.8 Å². The van der Waals surface area contributed by atoms with E-state index in [-0.39, 0.29) is 23.7 Å². The second kappa shape index (κ2) is 5.64. The number of pyridine rings is 1. The normalized spacial score (nSPS) is 10.3. The van der Waals surface area contributed by atoms with Gasteiger partial charge in [0.25, 0.3) is 5.91 Å². The Bertz CT molecular complexity index is 646. The van der Waals surface area contributed by atoms with Crippen molar-refractivity contribution >= 4 is 11.7 Å². The summed E-state index contributed by atoms with van der Waals surface area (Å²) in [5.74, 6) is -2.10. The van der Waals surface area contributed by atoms with Crippen LogP contribution in [0.25, 0.3) is 0 Å². The number of aromatic nitrogens is 1. The summed E-state index contributed by atoms with van der Waals surface area (Å²) in [6.07, 6.45) is 1.27. The number of hydrogen-bond acceptors (Lipinski definition) is 3. The predicted octanol–water partition coefficient (Wildman–Crippen LogP) is 2.21. The molecule has 1 amide bonds. The van der Waals surface area contributed by atoms with Gasteiger partial charge in [-0.3, -0.25) is 4.79 Å². The number of nitrogen functional groups attached to an aromatic ring is 1. The molecule has 0 radical (unpaired) electrons. The van der Waals surface area contributed by atoms with Crippen LogP contribution in [0.1, 0.15) is 15.9 Å². The molecule has 0 spiro atoms. The Balaban J connectivity index is 2.19. The SMILES string of the molecule is CN(Cc1cccc(F)c1)C(=O)c1ccnc(N)c1F. The standard InChI is InChI=1S/C14H13F2N3O/c1-19(8-9-3-2-4-10(15)7-9)14(20)11-5-6-18-13(17)12(11)16/h2-7H,8H2,1H3,(H2,17,18). The number of carbonyl (C=O) groups is 1. The highest BCUT2D eigenvalue weighted by molar-refractivity contribution is 5.94. The van der Waals surface area contributed by atoms with Gasteiger partial charge in [0.05, 0.1) is 5.56 Å². The van der Waals surface area contributed by atoms with E-state index in [0.717, 1.165) is 0 Å². The van der Waals surface area contributed by atoms with Crippen molar-refractivity contribution in [3.8, 4) is 0 Å². The molecule has 0 bridgehead atoms. The van der Waals surface area contributed by atoms with Crippen LogP contribution < -0.4 is 5.73 Å². The number of benzene rings is 1. The number of hydrogen-bond donors (Lipinski definition) is 1. The largest absolute Gasteiger partial charge is 0.381 e. The Hall–Kier alpha value is -2.50. The molecule has 2 rings (SSSR count). The quantitative estimate of drug-likeness (QED) is 0.935. The minimum atomic E-state index is -0.844. The van der Waals surface area contributed by atoms with Crippen LogP contribution in [-0.2, 0) is 6.54 Å². The summed E-state index contributed by atoms with van der Waals surface area (Å²) in [7, 11) is 1.50. The number of nitrogens with zero attached hydrogens (tertiary/aromatic N) is 2. The van der Waals surface area contributed by atoms with Crippen LogP contribution in [0.3, 0.4) is 0 Å². The van der Waals surface area contributed by atoms with Gasteiger partial charge < -0.3 is 10.6 Å². The highest BCUT2D eigenvalue weighted by Gasteiger charge is 2.18. The monoisotopic (exact) mass is 277 g/mol. The van der Waals surface area contributed by atoms with E-state index >= 15 is 0 Å². The Morgan fingerprint density at radius 2 is 2.10 bits per heavy atom. The van der Waals surface area contributed by atoms with Crippen molar-refractivity contribution in [2.45, 2.75) is 6.54 Å². The lowest BCUT2D eigenvalue weighted by Crippen LogP contribution is -2.27. The van der Waals surface area contributed by atoms with Gasteiger partial charge in [-0.15, -0.1) is 0 Å². The summed E-state index contributed by atoms with van der Waals surface area (Å²) in [5.41, 5.74) is 5.78. The smallest absolute Gasteiger partial charge is 0.257 e. The lowest BCUT2D eigenvalue weighted by Gasteiger charge is -2.18. The van der Waals surface area contributed by atoms with Crippen LogP contribution >= 0.6 is 0 Å². The molecule has 0 aliphatic heterocycles. The maximum Gasteiger partial charge on any atom is 0.257 e. The number of carbonyl (C=O) groups excluding carboxylic acids is 1. The Kier molecular flexibility index (Phi) is 3.93. The van der Waals surface area contributed by atoms with Gasteiger partial charge in [0.2, 0.25) is 0 Å². The van der Waals surface area contributed by atoms with Gasteiger partial charge in [0.15, 0.2) is 11.6 Å². The second-order valence-corrected chi connectivity index (χ2v) is 4.35. The first kappa shape index (κ1) is 13.9. The minimum Gasteiger partial charge on any atom is -0.381 e. The van der Waals surface area contributed by atoms with Crippen LogP contribution in [0, 0.1) is 11.6 Å². The molecule has 1 aromatic heterocycles. The molecule has 1 heterocycles. The molecule has 104 valence electrons. The molecule has 0 aliphatic carbocycles. The number of halogens is 2. The fraction of sp³-hybridized carbons (Fsp3) is 0.143. The maximum atomic E-state index is 13.7. The van der Waals surface area contributed by atoms with Gasteiger partial charge in [0, 0.05) is 19.8 Å². The van der Waals surface area contributed by atoms with Crippen molar-refractivity contribution in [2.75, 3.05) is 12.8 Å².